The quantitative estimate of drug-likeness (QED) is 0.513. The molecule has 27 heavy (non-hydrogen) atoms. The number of nitrogens with zero attached hydrogens (tertiary/aromatic N) is 4. The highest BCUT2D eigenvalue weighted by molar-refractivity contribution is 6.44. The third-order valence-corrected chi connectivity index (χ3v) is 5.85. The molecule has 8 nitrogen and oxygen atoms in total. The van der Waals surface area contributed by atoms with Gasteiger partial charge in [0.15, 0.2) is 0 Å². The van der Waals surface area contributed by atoms with Crippen LogP contribution in [0.4, 0.5) is 4.79 Å². The third kappa shape index (κ3) is 4.31. The molecule has 0 spiro atoms. The normalized spacial score (nSPS) is 22.9. The van der Waals surface area contributed by atoms with Gasteiger partial charge in [0, 0.05) is 38.6 Å². The smallest absolute Gasteiger partial charge is 0.335 e. The van der Waals surface area contributed by atoms with E-state index in [4.69, 9.17) is 0 Å². The molecular weight excluding hydrogens is 348 g/mol. The first-order chi connectivity index (χ1) is 13.0. The maximum Gasteiger partial charge on any atom is 0.335 e. The van der Waals surface area contributed by atoms with Crippen LogP contribution in [0.15, 0.2) is 0 Å². The lowest BCUT2D eigenvalue weighted by Crippen LogP contribution is -2.53. The van der Waals surface area contributed by atoms with Gasteiger partial charge < -0.3 is 4.90 Å². The molecule has 150 valence electrons. The molecular formula is C19H30N4O4. The summed E-state index contributed by atoms with van der Waals surface area (Å²) < 4.78 is 0. The van der Waals surface area contributed by atoms with Crippen molar-refractivity contribution in [3.63, 3.8) is 0 Å². The molecule has 0 atom stereocenters. The van der Waals surface area contributed by atoms with Gasteiger partial charge in [-0.25, -0.2) is 9.69 Å². The molecule has 0 aromatic heterocycles. The van der Waals surface area contributed by atoms with Crippen molar-refractivity contribution in [3.8, 4) is 0 Å². The van der Waals surface area contributed by atoms with E-state index in [0.717, 1.165) is 41.9 Å². The third-order valence-electron chi connectivity index (χ3n) is 5.85. The van der Waals surface area contributed by atoms with Gasteiger partial charge in [-0.2, -0.15) is 0 Å². The minimum atomic E-state index is -0.739. The minimum absolute atomic E-state index is 0.123. The van der Waals surface area contributed by atoms with E-state index < -0.39 is 17.8 Å². The highest BCUT2D eigenvalue weighted by atomic mass is 16.2. The summed E-state index contributed by atoms with van der Waals surface area (Å²) in [4.78, 5) is 55.2. The number of urea groups is 1. The van der Waals surface area contributed by atoms with Crippen molar-refractivity contribution < 1.29 is 19.2 Å². The van der Waals surface area contributed by atoms with Crippen molar-refractivity contribution in [1.82, 2.24) is 19.6 Å². The zero-order chi connectivity index (χ0) is 19.4. The fourth-order valence-electron chi connectivity index (χ4n) is 4.11. The first kappa shape index (κ1) is 19.8. The van der Waals surface area contributed by atoms with E-state index in [2.05, 4.69) is 0 Å². The number of rotatable bonds is 6. The Bertz CT molecular complexity index is 595. The molecule has 0 aromatic rings. The number of hydrogen-bond acceptors (Lipinski definition) is 5. The Morgan fingerprint density at radius 1 is 0.926 bits per heavy atom. The second kappa shape index (κ2) is 8.82. The maximum atomic E-state index is 12.6. The van der Waals surface area contributed by atoms with Crippen molar-refractivity contribution in [1.29, 1.82) is 0 Å². The number of carbonyl (C=O) groups excluding carboxylic acids is 4. The van der Waals surface area contributed by atoms with Gasteiger partial charge in [-0.3, -0.25) is 24.2 Å². The summed E-state index contributed by atoms with van der Waals surface area (Å²) in [6.07, 6.45) is 7.03. The maximum absolute atomic E-state index is 12.6. The molecule has 2 aliphatic heterocycles. The minimum Gasteiger partial charge on any atom is -0.340 e. The molecule has 0 N–H and O–H groups in total. The lowest BCUT2D eigenvalue weighted by molar-refractivity contribution is -0.144. The van der Waals surface area contributed by atoms with Gasteiger partial charge in [0.1, 0.15) is 0 Å². The summed E-state index contributed by atoms with van der Waals surface area (Å²) in [5.41, 5.74) is 0. The van der Waals surface area contributed by atoms with Gasteiger partial charge >= 0.3 is 17.8 Å². The molecule has 1 aliphatic carbocycles. The van der Waals surface area contributed by atoms with Crippen LogP contribution in [0, 0.1) is 5.92 Å². The monoisotopic (exact) mass is 378 g/mol. The average Bonchev–Trinajstić information content (AvgIpc) is 2.90. The van der Waals surface area contributed by atoms with E-state index in [0.29, 0.717) is 39.1 Å². The molecule has 0 unspecified atom stereocenters. The number of imide groups is 2. The Balaban J connectivity index is 1.50. The molecule has 0 radical (unpaired) electrons. The Morgan fingerprint density at radius 2 is 1.56 bits per heavy atom. The van der Waals surface area contributed by atoms with Crippen LogP contribution in [-0.2, 0) is 14.4 Å². The molecule has 3 fully saturated rings. The molecule has 2 saturated heterocycles. The van der Waals surface area contributed by atoms with Crippen molar-refractivity contribution in [2.24, 2.45) is 5.92 Å². The van der Waals surface area contributed by atoms with Gasteiger partial charge in [-0.05, 0) is 19.3 Å². The highest BCUT2D eigenvalue weighted by Gasteiger charge is 2.44. The average molecular weight is 378 g/mol. The van der Waals surface area contributed by atoms with E-state index in [1.807, 2.05) is 16.7 Å². The lowest BCUT2D eigenvalue weighted by Gasteiger charge is -2.37. The highest BCUT2D eigenvalue weighted by Crippen LogP contribution is 2.26. The second-order valence-electron chi connectivity index (χ2n) is 7.75. The SMILES string of the molecule is CCCCN1C(=O)C(=O)N(CN2CCN(C(=O)C3CCCCC3)CC2)C1=O. The van der Waals surface area contributed by atoms with Gasteiger partial charge in [-0.1, -0.05) is 32.6 Å². The predicted molar refractivity (Wildman–Crippen MR) is 98.5 cm³/mol. The Morgan fingerprint density at radius 3 is 2.19 bits per heavy atom. The van der Waals surface area contributed by atoms with Crippen molar-refractivity contribution >= 4 is 23.8 Å². The van der Waals surface area contributed by atoms with E-state index in [-0.39, 0.29) is 18.5 Å². The molecule has 3 aliphatic rings. The molecule has 5 amide bonds. The lowest BCUT2D eigenvalue weighted by atomic mass is 9.88. The second-order valence-corrected chi connectivity index (χ2v) is 7.75. The number of unbranched alkanes of at least 4 members (excludes halogenated alkanes) is 1. The summed E-state index contributed by atoms with van der Waals surface area (Å²) >= 11 is 0. The van der Waals surface area contributed by atoms with E-state index >= 15 is 0 Å². The van der Waals surface area contributed by atoms with Crippen LogP contribution in [0.1, 0.15) is 51.9 Å². The van der Waals surface area contributed by atoms with Gasteiger partial charge in [0.05, 0.1) is 6.67 Å². The first-order valence-corrected chi connectivity index (χ1v) is 10.2. The Hall–Kier alpha value is -1.96. The van der Waals surface area contributed by atoms with Crippen LogP contribution in [0.3, 0.4) is 0 Å². The standard InChI is InChI=1S/C19H30N4O4/c1-2-3-9-22-17(25)18(26)23(19(22)27)14-20-10-12-21(13-11-20)16(24)15-7-5-4-6-8-15/h15H,2-14H2,1H3. The number of carbonyl (C=O) groups is 4. The van der Waals surface area contributed by atoms with Crippen LogP contribution in [-0.4, -0.2) is 82.7 Å². The van der Waals surface area contributed by atoms with Crippen LogP contribution in [0.5, 0.6) is 0 Å². The summed E-state index contributed by atoms with van der Waals surface area (Å²) in [5.74, 6) is -1.04. The Kier molecular flexibility index (Phi) is 6.46. The van der Waals surface area contributed by atoms with Gasteiger partial charge in [0.25, 0.3) is 0 Å². The molecule has 0 aromatic carbocycles. The molecule has 0 bridgehead atoms. The molecule has 1 saturated carbocycles. The van der Waals surface area contributed by atoms with E-state index in [9.17, 15) is 19.2 Å². The predicted octanol–water partition coefficient (Wildman–Crippen LogP) is 1.26. The number of hydrogen-bond donors (Lipinski definition) is 0. The zero-order valence-electron chi connectivity index (χ0n) is 16.2. The Labute approximate surface area is 160 Å². The van der Waals surface area contributed by atoms with Gasteiger partial charge in [0.2, 0.25) is 5.91 Å². The zero-order valence-corrected chi connectivity index (χ0v) is 16.2. The van der Waals surface area contributed by atoms with Gasteiger partial charge in [-0.15, -0.1) is 0 Å². The topological polar surface area (TPSA) is 81.2 Å². The number of piperazine rings is 1. The van der Waals surface area contributed by atoms with Crippen molar-refractivity contribution in [3.05, 3.63) is 0 Å². The van der Waals surface area contributed by atoms with E-state index in [1.54, 1.807) is 0 Å². The van der Waals surface area contributed by atoms with E-state index in [1.165, 1.54) is 6.42 Å². The van der Waals surface area contributed by atoms with Crippen LogP contribution < -0.4 is 0 Å². The van der Waals surface area contributed by atoms with Crippen LogP contribution in [0.2, 0.25) is 0 Å². The molecule has 2 heterocycles. The largest absolute Gasteiger partial charge is 0.340 e. The van der Waals surface area contributed by atoms with Crippen LogP contribution in [0.25, 0.3) is 0 Å². The molecule has 8 heteroatoms. The van der Waals surface area contributed by atoms with Crippen molar-refractivity contribution in [2.45, 2.75) is 51.9 Å². The number of amides is 5. The summed E-state index contributed by atoms with van der Waals surface area (Å²) in [7, 11) is 0. The fraction of sp³-hybridized carbons (Fsp3) is 0.789. The first-order valence-electron chi connectivity index (χ1n) is 10.2. The fourth-order valence-corrected chi connectivity index (χ4v) is 4.11. The molecule has 3 rings (SSSR count). The van der Waals surface area contributed by atoms with Crippen LogP contribution >= 0.6 is 0 Å². The summed E-state index contributed by atoms with van der Waals surface area (Å²) in [6, 6.07) is -0.515. The summed E-state index contributed by atoms with van der Waals surface area (Å²) in [5, 5.41) is 0. The summed E-state index contributed by atoms with van der Waals surface area (Å²) in [6.45, 7) is 4.83. The van der Waals surface area contributed by atoms with Crippen molar-refractivity contribution in [2.75, 3.05) is 39.4 Å².